The summed E-state index contributed by atoms with van der Waals surface area (Å²) in [4.78, 5) is 27.8. The van der Waals surface area contributed by atoms with Crippen LogP contribution in [0.15, 0.2) is 36.4 Å². The van der Waals surface area contributed by atoms with E-state index in [2.05, 4.69) is 4.90 Å². The highest BCUT2D eigenvalue weighted by Crippen LogP contribution is 2.38. The summed E-state index contributed by atoms with van der Waals surface area (Å²) in [5.41, 5.74) is 0.537. The number of phenolic OH excluding ortho intramolecular Hbond substituents is 1. The predicted octanol–water partition coefficient (Wildman–Crippen LogP) is 1.24. The van der Waals surface area contributed by atoms with Gasteiger partial charge in [-0.05, 0) is 12.1 Å². The molecule has 4 rings (SSSR count). The Hall–Kier alpha value is -2.74. The third-order valence-corrected chi connectivity index (χ3v) is 5.02. The smallest absolute Gasteiger partial charge is 0.198 e. The second-order valence-corrected chi connectivity index (χ2v) is 6.91. The molecular weight excluding hydrogens is 362 g/mol. The van der Waals surface area contributed by atoms with Gasteiger partial charge in [-0.25, -0.2) is 0 Å². The molecule has 0 bridgehead atoms. The normalized spacial score (nSPS) is 17.8. The SMILES string of the molecule is O=C1c2ccccc2C(=O)c2c(OCC(O)CN3CCOCC3)ccc(O)c21. The molecule has 0 saturated carbocycles. The monoisotopic (exact) mass is 383 g/mol. The largest absolute Gasteiger partial charge is 0.507 e. The van der Waals surface area contributed by atoms with Gasteiger partial charge >= 0.3 is 0 Å². The minimum absolute atomic E-state index is 0.0301. The van der Waals surface area contributed by atoms with Crippen LogP contribution >= 0.6 is 0 Å². The van der Waals surface area contributed by atoms with Crippen molar-refractivity contribution in [3.8, 4) is 11.5 Å². The summed E-state index contributed by atoms with van der Waals surface area (Å²) in [7, 11) is 0. The Labute approximate surface area is 162 Å². The summed E-state index contributed by atoms with van der Waals surface area (Å²) in [6, 6.07) is 9.30. The second kappa shape index (κ2) is 7.71. The molecule has 0 amide bonds. The number of morpholine rings is 1. The minimum atomic E-state index is -0.760. The zero-order chi connectivity index (χ0) is 19.7. The number of benzene rings is 2. The zero-order valence-corrected chi connectivity index (χ0v) is 15.3. The van der Waals surface area contributed by atoms with E-state index < -0.39 is 11.9 Å². The Morgan fingerprint density at radius 3 is 2.32 bits per heavy atom. The fourth-order valence-corrected chi connectivity index (χ4v) is 3.62. The van der Waals surface area contributed by atoms with Crippen molar-refractivity contribution in [2.24, 2.45) is 0 Å². The molecule has 2 aromatic carbocycles. The Morgan fingerprint density at radius 2 is 1.64 bits per heavy atom. The number of β-amino-alcohol motifs (C(OH)–C–C–N with tert-alkyl or cyclic N) is 1. The second-order valence-electron chi connectivity index (χ2n) is 6.91. The summed E-state index contributed by atoms with van der Waals surface area (Å²) in [6.45, 7) is 3.16. The molecular formula is C21H21NO6. The molecule has 0 radical (unpaired) electrons. The van der Waals surface area contributed by atoms with E-state index in [1.165, 1.54) is 12.1 Å². The number of aliphatic hydroxyl groups excluding tert-OH is 1. The molecule has 1 saturated heterocycles. The molecule has 1 heterocycles. The van der Waals surface area contributed by atoms with Crippen LogP contribution in [0.25, 0.3) is 0 Å². The van der Waals surface area contributed by atoms with E-state index in [1.54, 1.807) is 24.3 Å². The molecule has 1 unspecified atom stereocenters. The molecule has 2 aromatic rings. The van der Waals surface area contributed by atoms with Crippen molar-refractivity contribution in [3.05, 3.63) is 58.7 Å². The molecule has 1 aliphatic carbocycles. The van der Waals surface area contributed by atoms with E-state index in [-0.39, 0.29) is 46.1 Å². The number of carbonyl (C=O) groups excluding carboxylic acids is 2. The lowest BCUT2D eigenvalue weighted by molar-refractivity contribution is 0.00457. The highest BCUT2D eigenvalue weighted by molar-refractivity contribution is 6.30. The van der Waals surface area contributed by atoms with Crippen molar-refractivity contribution < 1.29 is 29.3 Å². The average molecular weight is 383 g/mol. The van der Waals surface area contributed by atoms with Crippen molar-refractivity contribution in [3.63, 3.8) is 0 Å². The number of fused-ring (bicyclic) bond motifs is 2. The van der Waals surface area contributed by atoms with E-state index in [0.717, 1.165) is 13.1 Å². The predicted molar refractivity (Wildman–Crippen MR) is 100 cm³/mol. The molecule has 2 aliphatic rings. The van der Waals surface area contributed by atoms with Gasteiger partial charge in [0.25, 0.3) is 0 Å². The Bertz CT molecular complexity index is 919. The molecule has 1 fully saturated rings. The first-order chi connectivity index (χ1) is 13.6. The molecule has 1 atom stereocenters. The van der Waals surface area contributed by atoms with E-state index in [0.29, 0.717) is 19.8 Å². The standard InChI is InChI=1S/C21H21NO6/c23-13(11-22-7-9-27-10-8-22)12-28-17-6-5-16(24)18-19(17)21(26)15-4-2-1-3-14(15)20(18)25/h1-6,13,23-24H,7-12H2. The van der Waals surface area contributed by atoms with Crippen LogP contribution in [-0.4, -0.2) is 72.2 Å². The number of hydrogen-bond donors (Lipinski definition) is 2. The van der Waals surface area contributed by atoms with Gasteiger partial charge in [0.2, 0.25) is 0 Å². The fraction of sp³-hybridized carbons (Fsp3) is 0.333. The molecule has 0 spiro atoms. The first-order valence-corrected chi connectivity index (χ1v) is 9.21. The number of carbonyl (C=O) groups is 2. The van der Waals surface area contributed by atoms with Gasteiger partial charge in [-0.2, -0.15) is 0 Å². The lowest BCUT2D eigenvalue weighted by Gasteiger charge is -2.28. The number of hydrogen-bond acceptors (Lipinski definition) is 7. The number of aliphatic hydroxyl groups is 1. The Balaban J connectivity index is 1.56. The maximum Gasteiger partial charge on any atom is 0.198 e. The number of nitrogens with zero attached hydrogens (tertiary/aromatic N) is 1. The van der Waals surface area contributed by atoms with Crippen molar-refractivity contribution in [2.75, 3.05) is 39.5 Å². The van der Waals surface area contributed by atoms with Crippen LogP contribution in [0.5, 0.6) is 11.5 Å². The lowest BCUT2D eigenvalue weighted by atomic mass is 9.83. The first kappa shape index (κ1) is 18.6. The van der Waals surface area contributed by atoms with Gasteiger partial charge in [0.15, 0.2) is 11.6 Å². The van der Waals surface area contributed by atoms with E-state index in [1.807, 2.05) is 0 Å². The fourth-order valence-electron chi connectivity index (χ4n) is 3.62. The number of ether oxygens (including phenoxy) is 2. The quantitative estimate of drug-likeness (QED) is 0.684. The number of ketones is 2. The van der Waals surface area contributed by atoms with E-state index in [4.69, 9.17) is 9.47 Å². The summed E-state index contributed by atoms with van der Waals surface area (Å²) in [5, 5.41) is 20.5. The zero-order valence-electron chi connectivity index (χ0n) is 15.3. The van der Waals surface area contributed by atoms with Gasteiger partial charge in [-0.1, -0.05) is 24.3 Å². The average Bonchev–Trinajstić information content (AvgIpc) is 2.71. The molecule has 1 aliphatic heterocycles. The van der Waals surface area contributed by atoms with Crippen molar-refractivity contribution >= 4 is 11.6 Å². The molecule has 2 N–H and O–H groups in total. The molecule has 146 valence electrons. The molecule has 0 aromatic heterocycles. The Morgan fingerprint density at radius 1 is 1.00 bits per heavy atom. The maximum absolute atomic E-state index is 13.0. The maximum atomic E-state index is 13.0. The van der Waals surface area contributed by atoms with E-state index in [9.17, 15) is 19.8 Å². The van der Waals surface area contributed by atoms with Gasteiger partial charge in [-0.3, -0.25) is 14.5 Å². The summed E-state index contributed by atoms with van der Waals surface area (Å²) >= 11 is 0. The third-order valence-electron chi connectivity index (χ3n) is 5.02. The summed E-state index contributed by atoms with van der Waals surface area (Å²) in [6.07, 6.45) is -0.760. The minimum Gasteiger partial charge on any atom is -0.507 e. The van der Waals surface area contributed by atoms with Crippen molar-refractivity contribution in [2.45, 2.75) is 6.10 Å². The Kier molecular flexibility index (Phi) is 5.13. The van der Waals surface area contributed by atoms with Crippen molar-refractivity contribution in [1.82, 2.24) is 4.90 Å². The van der Waals surface area contributed by atoms with Gasteiger partial charge in [0, 0.05) is 30.8 Å². The van der Waals surface area contributed by atoms with Crippen LogP contribution in [0.2, 0.25) is 0 Å². The van der Waals surface area contributed by atoms with Gasteiger partial charge < -0.3 is 19.7 Å². The van der Waals surface area contributed by atoms with Gasteiger partial charge in [-0.15, -0.1) is 0 Å². The number of phenols is 1. The van der Waals surface area contributed by atoms with E-state index >= 15 is 0 Å². The lowest BCUT2D eigenvalue weighted by Crippen LogP contribution is -2.42. The van der Waals surface area contributed by atoms with Gasteiger partial charge in [0.1, 0.15) is 24.2 Å². The van der Waals surface area contributed by atoms with Crippen LogP contribution in [0.4, 0.5) is 0 Å². The molecule has 7 heteroatoms. The molecule has 7 nitrogen and oxygen atoms in total. The number of rotatable bonds is 5. The van der Waals surface area contributed by atoms with Gasteiger partial charge in [0.05, 0.1) is 24.3 Å². The van der Waals surface area contributed by atoms with Crippen molar-refractivity contribution in [1.29, 1.82) is 0 Å². The first-order valence-electron chi connectivity index (χ1n) is 9.21. The molecule has 28 heavy (non-hydrogen) atoms. The topological polar surface area (TPSA) is 96.3 Å². The van der Waals surface area contributed by atoms with Crippen LogP contribution in [0, 0.1) is 0 Å². The van der Waals surface area contributed by atoms with Crippen LogP contribution < -0.4 is 4.74 Å². The summed E-state index contributed by atoms with van der Waals surface area (Å²) in [5.74, 6) is -0.869. The van der Waals surface area contributed by atoms with Crippen LogP contribution in [0.3, 0.4) is 0 Å². The van der Waals surface area contributed by atoms with Crippen LogP contribution in [0.1, 0.15) is 31.8 Å². The highest BCUT2D eigenvalue weighted by atomic mass is 16.5. The third kappa shape index (κ3) is 3.40. The number of aromatic hydroxyl groups is 1. The summed E-state index contributed by atoms with van der Waals surface area (Å²) < 4.78 is 11.0. The van der Waals surface area contributed by atoms with Crippen LogP contribution in [-0.2, 0) is 4.74 Å². The highest BCUT2D eigenvalue weighted by Gasteiger charge is 2.34.